The van der Waals surface area contributed by atoms with Crippen molar-refractivity contribution in [3.8, 4) is 11.5 Å². The van der Waals surface area contributed by atoms with Gasteiger partial charge in [0.05, 0.1) is 37.8 Å². The Bertz CT molecular complexity index is 1330. The Kier molecular flexibility index (Phi) is 6.55. The minimum absolute atomic E-state index is 0.0549. The van der Waals surface area contributed by atoms with Crippen molar-refractivity contribution in [2.75, 3.05) is 19.1 Å². The van der Waals surface area contributed by atoms with E-state index in [1.165, 1.54) is 31.3 Å². The van der Waals surface area contributed by atoms with E-state index in [4.69, 9.17) is 4.74 Å². The second-order valence-corrected chi connectivity index (χ2v) is 7.88. The molecule has 1 fully saturated rings. The standard InChI is InChI=1S/C27H23NO7/c1-34-21-9-4-3-8-20(21)25(31)23-24(17-6-5-7-19(29)15-17)28(27(33)26(23)32)18-12-10-16(11-13-18)14-22(30)35-2/h3-13,15,24,29,31H,14H2,1-2H3/b25-23-. The summed E-state index contributed by atoms with van der Waals surface area (Å²) in [7, 11) is 2.74. The third kappa shape index (κ3) is 4.46. The maximum atomic E-state index is 13.2. The zero-order valence-electron chi connectivity index (χ0n) is 19.1. The van der Waals surface area contributed by atoms with Gasteiger partial charge in [0, 0.05) is 5.69 Å². The van der Waals surface area contributed by atoms with Crippen molar-refractivity contribution in [2.24, 2.45) is 0 Å². The molecular formula is C27H23NO7. The van der Waals surface area contributed by atoms with Gasteiger partial charge in [0.25, 0.3) is 11.7 Å². The summed E-state index contributed by atoms with van der Waals surface area (Å²) in [5.74, 6) is -2.23. The minimum atomic E-state index is -1.02. The number of aliphatic hydroxyl groups is 1. The summed E-state index contributed by atoms with van der Waals surface area (Å²) < 4.78 is 10.0. The number of amides is 1. The molecule has 0 bridgehead atoms. The number of ketones is 1. The number of aromatic hydroxyl groups is 1. The van der Waals surface area contributed by atoms with E-state index in [2.05, 4.69) is 4.74 Å². The highest BCUT2D eigenvalue weighted by Gasteiger charge is 2.47. The molecule has 1 aliphatic heterocycles. The number of aliphatic hydroxyl groups excluding tert-OH is 1. The molecule has 1 heterocycles. The van der Waals surface area contributed by atoms with Gasteiger partial charge in [-0.05, 0) is 47.5 Å². The number of carbonyl (C=O) groups is 3. The van der Waals surface area contributed by atoms with Gasteiger partial charge >= 0.3 is 5.97 Å². The Hall–Kier alpha value is -4.59. The second kappa shape index (κ2) is 9.72. The first-order valence-corrected chi connectivity index (χ1v) is 10.7. The Balaban J connectivity index is 1.88. The highest BCUT2D eigenvalue weighted by molar-refractivity contribution is 6.51. The monoisotopic (exact) mass is 473 g/mol. The number of rotatable bonds is 6. The van der Waals surface area contributed by atoms with Crippen molar-refractivity contribution < 1.29 is 34.1 Å². The maximum Gasteiger partial charge on any atom is 0.309 e. The quantitative estimate of drug-likeness (QED) is 0.243. The fourth-order valence-corrected chi connectivity index (χ4v) is 4.11. The average Bonchev–Trinajstić information content (AvgIpc) is 3.14. The smallest absolute Gasteiger partial charge is 0.309 e. The molecule has 2 N–H and O–H groups in total. The third-order valence-electron chi connectivity index (χ3n) is 5.78. The Morgan fingerprint density at radius 1 is 0.971 bits per heavy atom. The predicted octanol–water partition coefficient (Wildman–Crippen LogP) is 3.74. The van der Waals surface area contributed by atoms with Gasteiger partial charge in [-0.15, -0.1) is 0 Å². The molecule has 3 aromatic rings. The number of ether oxygens (including phenoxy) is 2. The van der Waals surface area contributed by atoms with Crippen LogP contribution in [0.15, 0.2) is 78.4 Å². The zero-order valence-corrected chi connectivity index (χ0v) is 19.1. The maximum absolute atomic E-state index is 13.2. The number of anilines is 1. The van der Waals surface area contributed by atoms with Crippen LogP contribution in [0.4, 0.5) is 5.69 Å². The first kappa shape index (κ1) is 23.6. The van der Waals surface area contributed by atoms with Crippen LogP contribution < -0.4 is 9.64 Å². The van der Waals surface area contributed by atoms with E-state index in [9.17, 15) is 24.6 Å². The van der Waals surface area contributed by atoms with E-state index in [-0.39, 0.29) is 29.1 Å². The Morgan fingerprint density at radius 2 is 1.69 bits per heavy atom. The van der Waals surface area contributed by atoms with Crippen molar-refractivity contribution in [1.82, 2.24) is 0 Å². The van der Waals surface area contributed by atoms with Crippen LogP contribution in [0.2, 0.25) is 0 Å². The molecule has 8 heteroatoms. The molecule has 1 aliphatic rings. The molecule has 3 aromatic carbocycles. The molecular weight excluding hydrogens is 450 g/mol. The SMILES string of the molecule is COC(=O)Cc1ccc(N2C(=O)C(=O)/C(=C(\O)c3ccccc3OC)C2c2cccc(O)c2)cc1. The Morgan fingerprint density at radius 3 is 2.34 bits per heavy atom. The normalized spacial score (nSPS) is 16.9. The third-order valence-corrected chi connectivity index (χ3v) is 5.78. The summed E-state index contributed by atoms with van der Waals surface area (Å²) in [6.07, 6.45) is 0.0549. The number of hydrogen-bond donors (Lipinski definition) is 2. The van der Waals surface area contributed by atoms with E-state index in [0.717, 1.165) is 0 Å². The number of methoxy groups -OCH3 is 2. The van der Waals surface area contributed by atoms with Crippen LogP contribution in [0.25, 0.3) is 5.76 Å². The van der Waals surface area contributed by atoms with E-state index < -0.39 is 23.7 Å². The molecule has 4 rings (SSSR count). The van der Waals surface area contributed by atoms with Gasteiger partial charge in [0.1, 0.15) is 17.3 Å². The van der Waals surface area contributed by atoms with Crippen LogP contribution >= 0.6 is 0 Å². The summed E-state index contributed by atoms with van der Waals surface area (Å²) in [5.41, 5.74) is 1.60. The van der Waals surface area contributed by atoms with E-state index in [1.54, 1.807) is 60.7 Å². The second-order valence-electron chi connectivity index (χ2n) is 7.88. The summed E-state index contributed by atoms with van der Waals surface area (Å²) >= 11 is 0. The predicted molar refractivity (Wildman–Crippen MR) is 128 cm³/mol. The largest absolute Gasteiger partial charge is 0.508 e. The molecule has 178 valence electrons. The van der Waals surface area contributed by atoms with Crippen LogP contribution in [0.3, 0.4) is 0 Å². The first-order chi connectivity index (χ1) is 16.8. The van der Waals surface area contributed by atoms with E-state index >= 15 is 0 Å². The number of para-hydroxylation sites is 1. The van der Waals surface area contributed by atoms with Crippen LogP contribution in [0, 0.1) is 0 Å². The van der Waals surface area contributed by atoms with Crippen molar-refractivity contribution in [3.05, 3.63) is 95.1 Å². The van der Waals surface area contributed by atoms with E-state index in [1.807, 2.05) is 0 Å². The molecule has 1 atom stereocenters. The first-order valence-electron chi connectivity index (χ1n) is 10.7. The van der Waals surface area contributed by atoms with Crippen molar-refractivity contribution >= 4 is 29.1 Å². The van der Waals surface area contributed by atoms with Gasteiger partial charge in [-0.2, -0.15) is 0 Å². The van der Waals surface area contributed by atoms with Crippen LogP contribution in [-0.4, -0.2) is 42.1 Å². The molecule has 0 spiro atoms. The van der Waals surface area contributed by atoms with Crippen molar-refractivity contribution in [3.63, 3.8) is 0 Å². The lowest BCUT2D eigenvalue weighted by molar-refractivity contribution is -0.139. The number of Topliss-reactive ketones (excluding diaryl/α,β-unsaturated/α-hetero) is 1. The Labute approximate surface area is 201 Å². The highest BCUT2D eigenvalue weighted by Crippen LogP contribution is 2.43. The number of hydrogen-bond acceptors (Lipinski definition) is 7. The lowest BCUT2D eigenvalue weighted by Crippen LogP contribution is -2.29. The summed E-state index contributed by atoms with van der Waals surface area (Å²) in [4.78, 5) is 39.4. The lowest BCUT2D eigenvalue weighted by Gasteiger charge is -2.26. The van der Waals surface area contributed by atoms with Crippen LogP contribution in [0.5, 0.6) is 11.5 Å². The molecule has 0 saturated carbocycles. The number of benzene rings is 3. The fraction of sp³-hybridized carbons (Fsp3) is 0.148. The summed E-state index contributed by atoms with van der Waals surface area (Å²) in [6.45, 7) is 0. The molecule has 1 saturated heterocycles. The number of carbonyl (C=O) groups excluding carboxylic acids is 3. The van der Waals surface area contributed by atoms with Gasteiger partial charge < -0.3 is 19.7 Å². The summed E-state index contributed by atoms with van der Waals surface area (Å²) in [5, 5.41) is 21.3. The molecule has 8 nitrogen and oxygen atoms in total. The molecule has 35 heavy (non-hydrogen) atoms. The van der Waals surface area contributed by atoms with Crippen molar-refractivity contribution in [1.29, 1.82) is 0 Å². The van der Waals surface area contributed by atoms with Gasteiger partial charge in [-0.25, -0.2) is 0 Å². The molecule has 0 aliphatic carbocycles. The molecule has 1 amide bonds. The molecule has 1 unspecified atom stereocenters. The minimum Gasteiger partial charge on any atom is -0.508 e. The van der Waals surface area contributed by atoms with Crippen LogP contribution in [0.1, 0.15) is 22.7 Å². The average molecular weight is 473 g/mol. The van der Waals surface area contributed by atoms with Gasteiger partial charge in [-0.3, -0.25) is 19.3 Å². The number of phenolic OH excluding ortho intramolecular Hbond substituents is 1. The number of esters is 1. The van der Waals surface area contributed by atoms with Crippen molar-refractivity contribution in [2.45, 2.75) is 12.5 Å². The van der Waals surface area contributed by atoms with Gasteiger partial charge in [0.2, 0.25) is 0 Å². The molecule has 0 radical (unpaired) electrons. The number of nitrogens with zero attached hydrogens (tertiary/aromatic N) is 1. The molecule has 0 aromatic heterocycles. The zero-order chi connectivity index (χ0) is 25.1. The lowest BCUT2D eigenvalue weighted by atomic mass is 9.94. The van der Waals surface area contributed by atoms with E-state index in [0.29, 0.717) is 22.6 Å². The topological polar surface area (TPSA) is 113 Å². The summed E-state index contributed by atoms with van der Waals surface area (Å²) in [6, 6.07) is 18.3. The van der Waals surface area contributed by atoms with Gasteiger partial charge in [-0.1, -0.05) is 36.4 Å². The highest BCUT2D eigenvalue weighted by atomic mass is 16.5. The van der Waals surface area contributed by atoms with Gasteiger partial charge in [0.15, 0.2) is 0 Å². The number of phenols is 1. The van der Waals surface area contributed by atoms with Crippen LogP contribution in [-0.2, 0) is 25.5 Å². The fourth-order valence-electron chi connectivity index (χ4n) is 4.11.